The highest BCUT2D eigenvalue weighted by molar-refractivity contribution is 7.89. The van der Waals surface area contributed by atoms with E-state index in [1.807, 2.05) is 20.8 Å². The topological polar surface area (TPSA) is 75.3 Å². The van der Waals surface area contributed by atoms with Gasteiger partial charge in [-0.15, -0.1) is 0 Å². The normalized spacial score (nSPS) is 11.6. The van der Waals surface area contributed by atoms with E-state index >= 15 is 0 Å². The summed E-state index contributed by atoms with van der Waals surface area (Å²) >= 11 is 0. The van der Waals surface area contributed by atoms with Gasteiger partial charge in [0.05, 0.1) is 4.90 Å². The number of nitrogens with one attached hydrogen (secondary N) is 2. The van der Waals surface area contributed by atoms with Gasteiger partial charge in [0.25, 0.3) is 5.91 Å². The minimum atomic E-state index is -3.47. The van der Waals surface area contributed by atoms with E-state index in [2.05, 4.69) is 10.0 Å². The Balaban J connectivity index is 2.76. The summed E-state index contributed by atoms with van der Waals surface area (Å²) in [5, 5.41) is 2.79. The fourth-order valence-electron chi connectivity index (χ4n) is 1.50. The predicted molar refractivity (Wildman–Crippen MR) is 79.1 cm³/mol. The fourth-order valence-corrected chi connectivity index (χ4v) is 2.64. The van der Waals surface area contributed by atoms with E-state index in [0.717, 1.165) is 6.42 Å². The molecule has 0 saturated carbocycles. The summed E-state index contributed by atoms with van der Waals surface area (Å²) in [6.45, 7) is 6.91. The number of hydrogen-bond donors (Lipinski definition) is 2. The summed E-state index contributed by atoms with van der Waals surface area (Å²) in [6, 6.07) is 5.94. The van der Waals surface area contributed by atoms with Gasteiger partial charge in [-0.1, -0.05) is 20.8 Å². The van der Waals surface area contributed by atoms with E-state index < -0.39 is 10.0 Å². The minimum absolute atomic E-state index is 0.173. The van der Waals surface area contributed by atoms with E-state index in [0.29, 0.717) is 24.6 Å². The second kappa shape index (κ2) is 7.40. The monoisotopic (exact) mass is 298 g/mol. The van der Waals surface area contributed by atoms with Crippen molar-refractivity contribution in [1.82, 2.24) is 10.0 Å². The first-order valence-electron chi connectivity index (χ1n) is 6.74. The zero-order valence-electron chi connectivity index (χ0n) is 12.1. The largest absolute Gasteiger partial charge is 0.352 e. The third-order valence-corrected chi connectivity index (χ3v) is 4.12. The summed E-state index contributed by atoms with van der Waals surface area (Å²) in [5.74, 6) is 0.181. The molecule has 0 spiro atoms. The van der Waals surface area contributed by atoms with Crippen molar-refractivity contribution in [3.05, 3.63) is 29.8 Å². The lowest BCUT2D eigenvalue weighted by atomic mass is 10.2. The molecule has 1 rings (SSSR count). The van der Waals surface area contributed by atoms with E-state index in [-0.39, 0.29) is 10.8 Å². The van der Waals surface area contributed by atoms with Crippen LogP contribution in [0.4, 0.5) is 0 Å². The Morgan fingerprint density at radius 3 is 2.30 bits per heavy atom. The SMILES string of the molecule is CCCNS(=O)(=O)c1ccc(C(=O)NCC(C)C)cc1. The maximum absolute atomic E-state index is 11.9. The molecule has 1 aromatic carbocycles. The van der Waals surface area contributed by atoms with Crippen molar-refractivity contribution >= 4 is 15.9 Å². The molecule has 0 saturated heterocycles. The Kier molecular flexibility index (Phi) is 6.16. The van der Waals surface area contributed by atoms with Crippen molar-refractivity contribution in [1.29, 1.82) is 0 Å². The number of benzene rings is 1. The first-order chi connectivity index (χ1) is 9.36. The molecule has 0 unspecified atom stereocenters. The van der Waals surface area contributed by atoms with Crippen molar-refractivity contribution in [2.24, 2.45) is 5.92 Å². The molecular formula is C14H22N2O3S. The van der Waals surface area contributed by atoms with Crippen LogP contribution in [0.5, 0.6) is 0 Å². The Labute approximate surface area is 120 Å². The van der Waals surface area contributed by atoms with Crippen LogP contribution in [-0.4, -0.2) is 27.4 Å². The first-order valence-corrected chi connectivity index (χ1v) is 8.23. The molecule has 0 aromatic heterocycles. The highest BCUT2D eigenvalue weighted by Crippen LogP contribution is 2.10. The molecule has 0 bridgehead atoms. The molecule has 0 heterocycles. The third-order valence-electron chi connectivity index (χ3n) is 2.64. The number of hydrogen-bond acceptors (Lipinski definition) is 3. The number of rotatable bonds is 7. The summed E-state index contributed by atoms with van der Waals surface area (Å²) < 4.78 is 26.2. The standard InChI is InChI=1S/C14H22N2O3S/c1-4-9-16-20(18,19)13-7-5-12(6-8-13)14(17)15-10-11(2)3/h5-8,11,16H,4,9-10H2,1-3H3,(H,15,17). The summed E-state index contributed by atoms with van der Waals surface area (Å²) in [7, 11) is -3.47. The second-order valence-electron chi connectivity index (χ2n) is 5.03. The Bertz CT molecular complexity index is 536. The second-order valence-corrected chi connectivity index (χ2v) is 6.79. The van der Waals surface area contributed by atoms with Gasteiger partial charge >= 0.3 is 0 Å². The smallest absolute Gasteiger partial charge is 0.251 e. The van der Waals surface area contributed by atoms with E-state index in [4.69, 9.17) is 0 Å². The molecule has 5 nitrogen and oxygen atoms in total. The molecule has 0 aliphatic heterocycles. The van der Waals surface area contributed by atoms with Gasteiger partial charge in [-0.25, -0.2) is 13.1 Å². The van der Waals surface area contributed by atoms with Crippen LogP contribution in [0.15, 0.2) is 29.2 Å². The Hall–Kier alpha value is -1.40. The van der Waals surface area contributed by atoms with E-state index in [9.17, 15) is 13.2 Å². The average Bonchev–Trinajstić information content (AvgIpc) is 2.42. The van der Waals surface area contributed by atoms with Gasteiger partial charge in [-0.3, -0.25) is 4.79 Å². The molecule has 112 valence electrons. The van der Waals surface area contributed by atoms with Gasteiger partial charge in [-0.05, 0) is 36.6 Å². The summed E-state index contributed by atoms with van der Waals surface area (Å²) in [5.41, 5.74) is 0.458. The van der Waals surface area contributed by atoms with Crippen molar-refractivity contribution in [2.45, 2.75) is 32.1 Å². The highest BCUT2D eigenvalue weighted by Gasteiger charge is 2.14. The van der Waals surface area contributed by atoms with Crippen molar-refractivity contribution < 1.29 is 13.2 Å². The molecule has 20 heavy (non-hydrogen) atoms. The van der Waals surface area contributed by atoms with Gasteiger partial charge in [0.2, 0.25) is 10.0 Å². The van der Waals surface area contributed by atoms with Crippen LogP contribution >= 0.6 is 0 Å². The quantitative estimate of drug-likeness (QED) is 0.805. The average molecular weight is 298 g/mol. The lowest BCUT2D eigenvalue weighted by Gasteiger charge is -2.09. The summed E-state index contributed by atoms with van der Waals surface area (Å²) in [6.07, 6.45) is 0.731. The molecular weight excluding hydrogens is 276 g/mol. The third kappa shape index (κ3) is 4.94. The number of sulfonamides is 1. The van der Waals surface area contributed by atoms with Crippen molar-refractivity contribution in [2.75, 3.05) is 13.1 Å². The molecule has 0 aliphatic carbocycles. The van der Waals surface area contributed by atoms with Crippen LogP contribution < -0.4 is 10.0 Å². The molecule has 1 aromatic rings. The van der Waals surface area contributed by atoms with Crippen LogP contribution in [0.3, 0.4) is 0 Å². The number of amides is 1. The molecule has 6 heteroatoms. The van der Waals surface area contributed by atoms with Gasteiger partial charge in [0.1, 0.15) is 0 Å². The van der Waals surface area contributed by atoms with Crippen molar-refractivity contribution in [3.63, 3.8) is 0 Å². The van der Waals surface area contributed by atoms with Gasteiger partial charge < -0.3 is 5.32 Å². The molecule has 2 N–H and O–H groups in total. The van der Waals surface area contributed by atoms with Crippen LogP contribution in [-0.2, 0) is 10.0 Å². The Morgan fingerprint density at radius 1 is 1.20 bits per heavy atom. The van der Waals surface area contributed by atoms with Gasteiger partial charge in [-0.2, -0.15) is 0 Å². The van der Waals surface area contributed by atoms with Crippen LogP contribution in [0.1, 0.15) is 37.6 Å². The Morgan fingerprint density at radius 2 is 1.80 bits per heavy atom. The maximum Gasteiger partial charge on any atom is 0.251 e. The maximum atomic E-state index is 11.9. The summed E-state index contributed by atoms with van der Waals surface area (Å²) in [4.78, 5) is 12.0. The van der Waals surface area contributed by atoms with E-state index in [1.54, 1.807) is 0 Å². The first kappa shape index (κ1) is 16.7. The molecule has 0 atom stereocenters. The van der Waals surface area contributed by atoms with Crippen LogP contribution in [0.25, 0.3) is 0 Å². The molecule has 0 aliphatic rings. The van der Waals surface area contributed by atoms with Gasteiger partial charge in [0.15, 0.2) is 0 Å². The van der Waals surface area contributed by atoms with E-state index in [1.165, 1.54) is 24.3 Å². The number of carbonyl (C=O) groups excluding carboxylic acids is 1. The highest BCUT2D eigenvalue weighted by atomic mass is 32.2. The molecule has 1 amide bonds. The van der Waals surface area contributed by atoms with Crippen molar-refractivity contribution in [3.8, 4) is 0 Å². The predicted octanol–water partition coefficient (Wildman–Crippen LogP) is 1.76. The lowest BCUT2D eigenvalue weighted by molar-refractivity contribution is 0.0949. The van der Waals surface area contributed by atoms with Gasteiger partial charge in [0, 0.05) is 18.7 Å². The fraction of sp³-hybridized carbons (Fsp3) is 0.500. The number of carbonyl (C=O) groups is 1. The molecule has 0 radical (unpaired) electrons. The zero-order valence-corrected chi connectivity index (χ0v) is 13.0. The van der Waals surface area contributed by atoms with Crippen LogP contribution in [0, 0.1) is 5.92 Å². The van der Waals surface area contributed by atoms with Crippen LogP contribution in [0.2, 0.25) is 0 Å². The lowest BCUT2D eigenvalue weighted by Crippen LogP contribution is -2.27. The molecule has 0 fully saturated rings. The minimum Gasteiger partial charge on any atom is -0.352 e. The zero-order chi connectivity index (χ0) is 15.2.